The Balaban J connectivity index is 3.12. The number of aliphatic hydroxyl groups is 1. The van der Waals surface area contributed by atoms with Crippen molar-refractivity contribution in [1.29, 1.82) is 0 Å². The van der Waals surface area contributed by atoms with Crippen LogP contribution in [-0.4, -0.2) is 17.9 Å². The normalized spacial score (nSPS) is 16.8. The lowest BCUT2D eigenvalue weighted by Crippen LogP contribution is -2.29. The minimum atomic E-state index is -0.362. The van der Waals surface area contributed by atoms with Gasteiger partial charge in [0.2, 0.25) is 0 Å². The molecule has 62 valence electrons. The van der Waals surface area contributed by atoms with E-state index in [4.69, 9.17) is 5.11 Å². The molecule has 2 nitrogen and oxygen atoms in total. The van der Waals surface area contributed by atoms with E-state index >= 15 is 0 Å². The molecule has 0 saturated carbocycles. The molecule has 0 saturated heterocycles. The van der Waals surface area contributed by atoms with Crippen molar-refractivity contribution in [2.24, 2.45) is 5.92 Å². The smallest absolute Gasteiger partial charge is 0.102 e. The molecule has 0 fully saturated rings. The zero-order valence-corrected chi connectivity index (χ0v) is 7.22. The Labute approximate surface area is 63.6 Å². The number of nitrogens with one attached hydrogen (secondary N) is 1. The first-order valence-electron chi connectivity index (χ1n) is 4.08. The molecule has 0 aromatic heterocycles. The maximum absolute atomic E-state index is 8.86. The molecule has 0 aliphatic rings. The maximum Gasteiger partial charge on any atom is 0.102 e. The molecular formula is C8H19NO. The van der Waals surface area contributed by atoms with Gasteiger partial charge >= 0.3 is 0 Å². The molecule has 0 spiro atoms. The molecule has 0 amide bonds. The summed E-state index contributed by atoms with van der Waals surface area (Å²) in [7, 11) is 0. The fourth-order valence-electron chi connectivity index (χ4n) is 0.967. The average Bonchev–Trinajstić information content (AvgIpc) is 1.85. The first kappa shape index (κ1) is 9.92. The van der Waals surface area contributed by atoms with Gasteiger partial charge in [0.1, 0.15) is 6.23 Å². The molecule has 2 unspecified atom stereocenters. The van der Waals surface area contributed by atoms with Gasteiger partial charge in [-0.15, -0.1) is 0 Å². The van der Waals surface area contributed by atoms with Crippen molar-refractivity contribution in [2.45, 2.75) is 39.8 Å². The quantitative estimate of drug-likeness (QED) is 0.572. The minimum absolute atomic E-state index is 0.362. The summed E-state index contributed by atoms with van der Waals surface area (Å²) in [6.45, 7) is 7.04. The largest absolute Gasteiger partial charge is 0.379 e. The van der Waals surface area contributed by atoms with E-state index in [9.17, 15) is 0 Å². The number of hydrogen-bond donors (Lipinski definition) is 2. The van der Waals surface area contributed by atoms with Crippen LogP contribution in [0.3, 0.4) is 0 Å². The van der Waals surface area contributed by atoms with E-state index in [1.54, 1.807) is 6.92 Å². The number of rotatable bonds is 5. The fourth-order valence-corrected chi connectivity index (χ4v) is 0.967. The van der Waals surface area contributed by atoms with Crippen LogP contribution in [0.4, 0.5) is 0 Å². The van der Waals surface area contributed by atoms with Crippen molar-refractivity contribution in [2.75, 3.05) is 6.54 Å². The summed E-state index contributed by atoms with van der Waals surface area (Å²) in [4.78, 5) is 0. The number of aliphatic hydroxyl groups excluding tert-OH is 1. The molecule has 0 bridgehead atoms. The summed E-state index contributed by atoms with van der Waals surface area (Å²) in [6, 6.07) is 0. The van der Waals surface area contributed by atoms with Gasteiger partial charge < -0.3 is 5.11 Å². The van der Waals surface area contributed by atoms with Crippen molar-refractivity contribution in [1.82, 2.24) is 5.32 Å². The highest BCUT2D eigenvalue weighted by Gasteiger charge is 2.00. The van der Waals surface area contributed by atoms with E-state index in [-0.39, 0.29) is 6.23 Å². The van der Waals surface area contributed by atoms with Gasteiger partial charge in [0.15, 0.2) is 0 Å². The highest BCUT2D eigenvalue weighted by Crippen LogP contribution is 2.02. The molecule has 2 N–H and O–H groups in total. The third kappa shape index (κ3) is 6.05. The lowest BCUT2D eigenvalue weighted by molar-refractivity contribution is 0.150. The van der Waals surface area contributed by atoms with E-state index < -0.39 is 0 Å². The lowest BCUT2D eigenvalue weighted by Gasteiger charge is -2.12. The van der Waals surface area contributed by atoms with Crippen LogP contribution in [-0.2, 0) is 0 Å². The molecule has 10 heavy (non-hydrogen) atoms. The van der Waals surface area contributed by atoms with E-state index in [0.29, 0.717) is 5.92 Å². The van der Waals surface area contributed by atoms with Gasteiger partial charge in [0.05, 0.1) is 0 Å². The predicted molar refractivity (Wildman–Crippen MR) is 43.8 cm³/mol. The van der Waals surface area contributed by atoms with E-state index in [1.807, 2.05) is 0 Å². The molecule has 0 rings (SSSR count). The Morgan fingerprint density at radius 2 is 2.00 bits per heavy atom. The summed E-state index contributed by atoms with van der Waals surface area (Å²) in [5.41, 5.74) is 0. The monoisotopic (exact) mass is 145 g/mol. The van der Waals surface area contributed by atoms with Crippen LogP contribution < -0.4 is 5.32 Å². The van der Waals surface area contributed by atoms with Crippen LogP contribution in [0.5, 0.6) is 0 Å². The Bertz CT molecular complexity index is 73.7. The zero-order valence-electron chi connectivity index (χ0n) is 7.22. The van der Waals surface area contributed by atoms with Crippen LogP contribution in [0.15, 0.2) is 0 Å². The van der Waals surface area contributed by atoms with Crippen LogP contribution in [0.25, 0.3) is 0 Å². The average molecular weight is 145 g/mol. The molecule has 0 aliphatic carbocycles. The topological polar surface area (TPSA) is 32.3 Å². The molecule has 0 heterocycles. The van der Waals surface area contributed by atoms with Crippen molar-refractivity contribution >= 4 is 0 Å². The fraction of sp³-hybridized carbons (Fsp3) is 1.00. The summed E-state index contributed by atoms with van der Waals surface area (Å²) >= 11 is 0. The molecule has 0 aliphatic heterocycles. The maximum atomic E-state index is 8.86. The summed E-state index contributed by atoms with van der Waals surface area (Å²) in [5.74, 6) is 0.680. The SMILES string of the molecule is CCCC(C)CNC(C)O. The number of hydrogen-bond acceptors (Lipinski definition) is 2. The summed E-state index contributed by atoms with van der Waals surface area (Å²) in [6.07, 6.45) is 2.10. The van der Waals surface area contributed by atoms with Crippen molar-refractivity contribution in [3.8, 4) is 0 Å². The highest BCUT2D eigenvalue weighted by atomic mass is 16.3. The van der Waals surface area contributed by atoms with E-state index in [1.165, 1.54) is 12.8 Å². The van der Waals surface area contributed by atoms with E-state index in [2.05, 4.69) is 19.2 Å². The minimum Gasteiger partial charge on any atom is -0.379 e. The van der Waals surface area contributed by atoms with Crippen LogP contribution in [0.2, 0.25) is 0 Å². The van der Waals surface area contributed by atoms with Crippen LogP contribution >= 0.6 is 0 Å². The van der Waals surface area contributed by atoms with Crippen molar-refractivity contribution in [3.05, 3.63) is 0 Å². The van der Waals surface area contributed by atoms with Crippen LogP contribution in [0, 0.1) is 5.92 Å². The van der Waals surface area contributed by atoms with Crippen LogP contribution in [0.1, 0.15) is 33.6 Å². The molecule has 0 aromatic carbocycles. The van der Waals surface area contributed by atoms with Gasteiger partial charge in [-0.2, -0.15) is 0 Å². The van der Waals surface area contributed by atoms with E-state index in [0.717, 1.165) is 6.54 Å². The van der Waals surface area contributed by atoms with Crippen molar-refractivity contribution < 1.29 is 5.11 Å². The molecule has 0 aromatic rings. The second-order valence-electron chi connectivity index (χ2n) is 2.98. The Kier molecular flexibility index (Phi) is 5.64. The predicted octanol–water partition coefficient (Wildman–Crippen LogP) is 1.35. The Hall–Kier alpha value is -0.0800. The van der Waals surface area contributed by atoms with Gasteiger partial charge in [0.25, 0.3) is 0 Å². The van der Waals surface area contributed by atoms with Gasteiger partial charge in [-0.25, -0.2) is 0 Å². The van der Waals surface area contributed by atoms with Gasteiger partial charge in [0, 0.05) is 6.54 Å². The first-order valence-corrected chi connectivity index (χ1v) is 4.08. The Morgan fingerprint density at radius 1 is 1.40 bits per heavy atom. The third-order valence-corrected chi connectivity index (χ3v) is 1.54. The molecular weight excluding hydrogens is 126 g/mol. The summed E-state index contributed by atoms with van der Waals surface area (Å²) < 4.78 is 0. The Morgan fingerprint density at radius 3 is 2.40 bits per heavy atom. The highest BCUT2D eigenvalue weighted by molar-refractivity contribution is 4.55. The lowest BCUT2D eigenvalue weighted by atomic mass is 10.1. The molecule has 2 heteroatoms. The van der Waals surface area contributed by atoms with Gasteiger partial charge in [-0.05, 0) is 19.3 Å². The zero-order chi connectivity index (χ0) is 7.98. The van der Waals surface area contributed by atoms with Crippen molar-refractivity contribution in [3.63, 3.8) is 0 Å². The third-order valence-electron chi connectivity index (χ3n) is 1.54. The first-order chi connectivity index (χ1) is 4.66. The second-order valence-corrected chi connectivity index (χ2v) is 2.98. The van der Waals surface area contributed by atoms with Gasteiger partial charge in [-0.1, -0.05) is 20.3 Å². The van der Waals surface area contributed by atoms with Gasteiger partial charge in [-0.3, -0.25) is 5.32 Å². The second kappa shape index (κ2) is 5.69. The molecule has 2 atom stereocenters. The molecule has 0 radical (unpaired) electrons. The standard InChI is InChI=1S/C8H19NO/c1-4-5-7(2)6-9-8(3)10/h7-10H,4-6H2,1-3H3. The summed E-state index contributed by atoms with van der Waals surface area (Å²) in [5, 5.41) is 11.8.